The van der Waals surface area contributed by atoms with Crippen LogP contribution in [0.5, 0.6) is 5.75 Å². The summed E-state index contributed by atoms with van der Waals surface area (Å²) in [5.74, 6) is 0.548. The second kappa shape index (κ2) is 18.0. The van der Waals surface area contributed by atoms with Gasteiger partial charge in [0.05, 0.1) is 30.0 Å². The first kappa shape index (κ1) is 41.2. The van der Waals surface area contributed by atoms with Crippen LogP contribution >= 0.6 is 0 Å². The number of methoxy groups -OCH3 is 1. The van der Waals surface area contributed by atoms with E-state index < -0.39 is 20.0 Å². The molecule has 0 unspecified atom stereocenters. The van der Waals surface area contributed by atoms with Crippen molar-refractivity contribution < 1.29 is 23.5 Å². The van der Waals surface area contributed by atoms with Crippen LogP contribution < -0.4 is 20.3 Å². The van der Waals surface area contributed by atoms with Crippen molar-refractivity contribution in [3.8, 4) is 17.0 Å². The van der Waals surface area contributed by atoms with Crippen LogP contribution in [0, 0.1) is 6.92 Å². The van der Waals surface area contributed by atoms with Gasteiger partial charge in [-0.3, -0.25) is 14.8 Å². The monoisotopic (exact) mass is 742 g/mol. The third-order valence-corrected chi connectivity index (χ3v) is 13.8. The lowest BCUT2D eigenvalue weighted by molar-refractivity contribution is 0.0527. The Morgan fingerprint density at radius 1 is 0.830 bits per heavy atom. The Morgan fingerprint density at radius 3 is 2.26 bits per heavy atom. The minimum Gasteiger partial charge on any atom is -0.497 e. The zero-order chi connectivity index (χ0) is 38.8. The highest BCUT2D eigenvalue weighted by atomic mass is 28.4. The summed E-state index contributed by atoms with van der Waals surface area (Å²) in [5, 5.41) is 5.86. The van der Waals surface area contributed by atoms with Crippen LogP contribution in [0.2, 0.25) is 18.1 Å². The number of rotatable bonds is 16. The molecule has 2 heterocycles. The lowest BCUT2D eigenvalue weighted by atomic mass is 10.1. The predicted octanol–water partition coefficient (Wildman–Crippen LogP) is 8.98. The Balaban J connectivity index is 1.45. The van der Waals surface area contributed by atoms with E-state index in [-0.39, 0.29) is 10.9 Å². The fraction of sp³-hybridized carbons (Fsp3) is 0.488. The van der Waals surface area contributed by atoms with E-state index in [1.807, 2.05) is 39.0 Å². The molecule has 4 aromatic rings. The van der Waals surface area contributed by atoms with Gasteiger partial charge in [0.1, 0.15) is 17.0 Å². The molecule has 0 aliphatic rings. The first-order chi connectivity index (χ1) is 25.0. The van der Waals surface area contributed by atoms with Crippen molar-refractivity contribution in [1.29, 1.82) is 0 Å². The molecule has 0 aliphatic heterocycles. The van der Waals surface area contributed by atoms with Crippen LogP contribution in [0.3, 0.4) is 0 Å². The second-order valence-electron chi connectivity index (χ2n) is 15.9. The Bertz CT molecular complexity index is 1850. The number of carbonyl (C=O) groups excluding carboxylic acids is 2. The third kappa shape index (κ3) is 12.2. The average Bonchev–Trinajstić information content (AvgIpc) is 3.09. The van der Waals surface area contributed by atoms with E-state index in [0.29, 0.717) is 31.1 Å². The normalized spacial score (nSPS) is 12.0. The van der Waals surface area contributed by atoms with E-state index in [4.69, 9.17) is 23.9 Å². The Hall–Kier alpha value is -4.55. The Kier molecular flexibility index (Phi) is 14.0. The molecule has 0 spiro atoms. The predicted molar refractivity (Wildman–Crippen MR) is 216 cm³/mol. The van der Waals surface area contributed by atoms with Crippen LogP contribution in [0.15, 0.2) is 60.9 Å². The molecule has 0 radical (unpaired) electrons. The van der Waals surface area contributed by atoms with Crippen LogP contribution in [0.25, 0.3) is 22.3 Å². The van der Waals surface area contributed by atoms with E-state index >= 15 is 0 Å². The maximum atomic E-state index is 13.0. The lowest BCUT2D eigenvalue weighted by Crippen LogP contribution is -2.41. The maximum Gasteiger partial charge on any atom is 0.407 e. The second-order valence-corrected chi connectivity index (χ2v) is 20.7. The topological polar surface area (TPSA) is 128 Å². The van der Waals surface area contributed by atoms with Crippen molar-refractivity contribution in [3.05, 3.63) is 72.2 Å². The van der Waals surface area contributed by atoms with E-state index in [2.05, 4.69) is 85.6 Å². The van der Waals surface area contributed by atoms with Gasteiger partial charge in [-0.1, -0.05) is 20.8 Å². The number of hydrogen-bond donors (Lipinski definition) is 2. The molecule has 2 amide bonds. The number of pyridine rings is 1. The number of anilines is 2. The molecule has 0 saturated carbocycles. The van der Waals surface area contributed by atoms with Crippen LogP contribution in [0.4, 0.5) is 16.2 Å². The number of benzene rings is 2. The van der Waals surface area contributed by atoms with Crippen molar-refractivity contribution in [2.45, 2.75) is 97.9 Å². The molecule has 0 saturated heterocycles. The molecule has 53 heavy (non-hydrogen) atoms. The fourth-order valence-corrected chi connectivity index (χ4v) is 6.51. The molecule has 11 nitrogen and oxygen atoms in total. The van der Waals surface area contributed by atoms with Gasteiger partial charge in [0.2, 0.25) is 0 Å². The minimum absolute atomic E-state index is 0.148. The highest BCUT2D eigenvalue weighted by Crippen LogP contribution is 2.37. The standard InChI is InChI=1S/C41H58N6O5Si/c1-29-23-32(26-33(24-29)50-8)47(21-14-22-51-53(9,10)41(5,6)7)31-15-16-34-35(27-31)46-37(28-45-34)30-17-20-42-36(25-30)38(48)43-18-12-11-13-19-44-39(49)52-40(2,3)4/h15-17,20,23-28H,11-14,18-19,21-22H2,1-10H3,(H,43,48)(H,44,49). The van der Waals surface area contributed by atoms with E-state index in [1.54, 1.807) is 25.6 Å². The molecular formula is C41H58N6O5Si. The zero-order valence-electron chi connectivity index (χ0n) is 33.3. The molecular weight excluding hydrogens is 685 g/mol. The molecule has 0 aliphatic carbocycles. The highest BCUT2D eigenvalue weighted by Gasteiger charge is 2.36. The summed E-state index contributed by atoms with van der Waals surface area (Å²) in [4.78, 5) is 41.1. The summed E-state index contributed by atoms with van der Waals surface area (Å²) in [6.07, 6.45) is 6.18. The number of nitrogens with one attached hydrogen (secondary N) is 2. The van der Waals surface area contributed by atoms with E-state index in [1.165, 1.54) is 0 Å². The van der Waals surface area contributed by atoms with Gasteiger partial charge in [0.15, 0.2) is 8.32 Å². The molecule has 0 atom stereocenters. The number of hydrogen-bond acceptors (Lipinski definition) is 9. The summed E-state index contributed by atoms with van der Waals surface area (Å²) in [6.45, 7) is 21.4. The molecule has 2 aromatic heterocycles. The number of aryl methyl sites for hydroxylation is 1. The zero-order valence-corrected chi connectivity index (χ0v) is 34.3. The van der Waals surface area contributed by atoms with Gasteiger partial charge in [-0.15, -0.1) is 0 Å². The molecule has 2 N–H and O–H groups in total. The minimum atomic E-state index is -1.87. The quantitative estimate of drug-likeness (QED) is 0.0854. The van der Waals surface area contributed by atoms with Gasteiger partial charge in [-0.2, -0.15) is 0 Å². The summed E-state index contributed by atoms with van der Waals surface area (Å²) < 4.78 is 17.4. The summed E-state index contributed by atoms with van der Waals surface area (Å²) in [5.41, 5.74) is 5.82. The first-order valence-electron chi connectivity index (χ1n) is 18.5. The van der Waals surface area contributed by atoms with Gasteiger partial charge in [-0.05, 0) is 120 Å². The highest BCUT2D eigenvalue weighted by molar-refractivity contribution is 6.74. The largest absolute Gasteiger partial charge is 0.497 e. The van der Waals surface area contributed by atoms with E-state index in [0.717, 1.165) is 71.5 Å². The molecule has 4 rings (SSSR count). The van der Waals surface area contributed by atoms with Crippen LogP contribution in [-0.4, -0.2) is 74.2 Å². The molecule has 286 valence electrons. The van der Waals surface area contributed by atoms with Crippen molar-refractivity contribution in [2.75, 3.05) is 38.3 Å². The van der Waals surface area contributed by atoms with Gasteiger partial charge >= 0.3 is 6.09 Å². The Morgan fingerprint density at radius 2 is 1.57 bits per heavy atom. The molecule has 2 aromatic carbocycles. The van der Waals surface area contributed by atoms with Crippen molar-refractivity contribution >= 4 is 42.7 Å². The summed E-state index contributed by atoms with van der Waals surface area (Å²) in [7, 11) is -0.180. The maximum absolute atomic E-state index is 13.0. The smallest absolute Gasteiger partial charge is 0.407 e. The average molecular weight is 743 g/mol. The van der Waals surface area contributed by atoms with Gasteiger partial charge in [0, 0.05) is 55.4 Å². The molecule has 0 bridgehead atoms. The number of amides is 2. The van der Waals surface area contributed by atoms with Gasteiger partial charge in [-0.25, -0.2) is 9.78 Å². The lowest BCUT2D eigenvalue weighted by Gasteiger charge is -2.36. The molecule has 0 fully saturated rings. The third-order valence-electron chi connectivity index (χ3n) is 9.31. The number of unbranched alkanes of at least 4 members (excludes halogenated alkanes) is 2. The number of fused-ring (bicyclic) bond motifs is 1. The fourth-order valence-electron chi connectivity index (χ4n) is 5.42. The first-order valence-corrected chi connectivity index (χ1v) is 21.4. The van der Waals surface area contributed by atoms with Crippen LogP contribution in [0.1, 0.15) is 83.3 Å². The number of nitrogens with zero attached hydrogens (tertiary/aromatic N) is 4. The van der Waals surface area contributed by atoms with Gasteiger partial charge < -0.3 is 29.4 Å². The number of carbonyl (C=O) groups is 2. The van der Waals surface area contributed by atoms with E-state index in [9.17, 15) is 9.59 Å². The Labute approximate surface area is 316 Å². The number of alkyl carbamates (subject to hydrolysis) is 1. The number of ether oxygens (including phenoxy) is 2. The summed E-state index contributed by atoms with van der Waals surface area (Å²) >= 11 is 0. The van der Waals surface area contributed by atoms with Crippen molar-refractivity contribution in [1.82, 2.24) is 25.6 Å². The molecule has 12 heteroatoms. The number of aromatic nitrogens is 3. The van der Waals surface area contributed by atoms with Gasteiger partial charge in [0.25, 0.3) is 5.91 Å². The summed E-state index contributed by atoms with van der Waals surface area (Å²) in [6, 6.07) is 16.0. The SMILES string of the molecule is COc1cc(C)cc(N(CCCO[Si](C)(C)C(C)(C)C)c2ccc3ncc(-c4ccnc(C(=O)NCCCCCNC(=O)OC(C)(C)C)c4)nc3c2)c1. The van der Waals surface area contributed by atoms with Crippen molar-refractivity contribution in [2.24, 2.45) is 0 Å². The van der Waals surface area contributed by atoms with Crippen LogP contribution in [-0.2, 0) is 9.16 Å². The van der Waals surface area contributed by atoms with Crippen molar-refractivity contribution in [3.63, 3.8) is 0 Å².